The minimum absolute atomic E-state index is 0.00503. The maximum atomic E-state index is 13.5. The van der Waals surface area contributed by atoms with Gasteiger partial charge in [-0.3, -0.25) is 4.79 Å². The van der Waals surface area contributed by atoms with Gasteiger partial charge in [0, 0.05) is 31.7 Å². The number of nitrogens with zero attached hydrogens (tertiary/aromatic N) is 2. The Hall–Kier alpha value is -2.91. The van der Waals surface area contributed by atoms with Gasteiger partial charge in [0.1, 0.15) is 10.7 Å². The number of benzene rings is 1. The summed E-state index contributed by atoms with van der Waals surface area (Å²) >= 11 is 0.442. The SMILES string of the molecule is O=C(Nc1ccc(N2CCNCC2)nc1)c1cc(-c2ccccc2)c(C(F)(F)F)s1. The number of pyridine rings is 1. The Morgan fingerprint density at radius 3 is 2.47 bits per heavy atom. The lowest BCUT2D eigenvalue weighted by Crippen LogP contribution is -2.43. The van der Waals surface area contributed by atoms with Crippen LogP contribution >= 0.6 is 11.3 Å². The topological polar surface area (TPSA) is 57.3 Å². The molecule has 0 saturated carbocycles. The van der Waals surface area contributed by atoms with Crippen LogP contribution in [0, 0.1) is 0 Å². The molecule has 2 aromatic heterocycles. The summed E-state index contributed by atoms with van der Waals surface area (Å²) in [4.78, 5) is 18.3. The highest BCUT2D eigenvalue weighted by Gasteiger charge is 2.37. The fraction of sp³-hybridized carbons (Fsp3) is 0.238. The Labute approximate surface area is 175 Å². The van der Waals surface area contributed by atoms with Crippen LogP contribution in [-0.4, -0.2) is 37.1 Å². The third-order valence-corrected chi connectivity index (χ3v) is 5.92. The van der Waals surface area contributed by atoms with Crippen LogP contribution < -0.4 is 15.5 Å². The van der Waals surface area contributed by atoms with Crippen LogP contribution in [0.1, 0.15) is 14.5 Å². The Kier molecular flexibility index (Phi) is 5.74. The summed E-state index contributed by atoms with van der Waals surface area (Å²) in [5.74, 6) is 0.209. The number of carbonyl (C=O) groups excluding carboxylic acids is 1. The number of halogens is 3. The van der Waals surface area contributed by atoms with Crippen LogP contribution in [0.25, 0.3) is 11.1 Å². The maximum Gasteiger partial charge on any atom is 0.426 e. The second-order valence-electron chi connectivity index (χ2n) is 6.81. The number of hydrogen-bond donors (Lipinski definition) is 2. The molecule has 1 fully saturated rings. The lowest BCUT2D eigenvalue weighted by Gasteiger charge is -2.28. The standard InChI is InChI=1S/C21H19F3N4OS/c22-21(23,24)19-16(14-4-2-1-3-5-14)12-17(30-19)20(29)27-15-6-7-18(26-13-15)28-10-8-25-9-11-28/h1-7,12-13,25H,8-11H2,(H,27,29). The molecule has 3 heterocycles. The average Bonchev–Trinajstić information content (AvgIpc) is 3.22. The highest BCUT2D eigenvalue weighted by atomic mass is 32.1. The number of alkyl halides is 3. The first-order valence-corrected chi connectivity index (χ1v) is 10.2. The number of piperazine rings is 1. The van der Waals surface area contributed by atoms with Crippen molar-refractivity contribution < 1.29 is 18.0 Å². The van der Waals surface area contributed by atoms with Gasteiger partial charge in [-0.05, 0) is 23.8 Å². The monoisotopic (exact) mass is 432 g/mol. The van der Waals surface area contributed by atoms with Crippen molar-refractivity contribution in [1.29, 1.82) is 0 Å². The second-order valence-corrected chi connectivity index (χ2v) is 7.87. The van der Waals surface area contributed by atoms with Gasteiger partial charge in [0.25, 0.3) is 5.91 Å². The van der Waals surface area contributed by atoms with E-state index in [1.807, 2.05) is 0 Å². The van der Waals surface area contributed by atoms with E-state index >= 15 is 0 Å². The van der Waals surface area contributed by atoms with Gasteiger partial charge < -0.3 is 15.5 Å². The molecule has 1 aromatic carbocycles. The summed E-state index contributed by atoms with van der Waals surface area (Å²) in [5.41, 5.74) is 0.856. The molecule has 156 valence electrons. The number of nitrogens with one attached hydrogen (secondary N) is 2. The second kappa shape index (κ2) is 8.45. The van der Waals surface area contributed by atoms with Crippen LogP contribution in [0.5, 0.6) is 0 Å². The van der Waals surface area contributed by atoms with Crippen molar-refractivity contribution in [2.75, 3.05) is 36.4 Å². The maximum absolute atomic E-state index is 13.5. The summed E-state index contributed by atoms with van der Waals surface area (Å²) in [6, 6.07) is 13.0. The Balaban J connectivity index is 1.54. The van der Waals surface area contributed by atoms with Gasteiger partial charge in [-0.25, -0.2) is 4.98 Å². The number of anilines is 2. The molecule has 0 atom stereocenters. The van der Waals surface area contributed by atoms with Crippen molar-refractivity contribution in [2.45, 2.75) is 6.18 Å². The molecule has 1 aliphatic rings. The van der Waals surface area contributed by atoms with E-state index in [2.05, 4.69) is 20.5 Å². The lowest BCUT2D eigenvalue weighted by molar-refractivity contribution is -0.133. The molecular weight excluding hydrogens is 413 g/mol. The van der Waals surface area contributed by atoms with E-state index in [1.165, 1.54) is 12.3 Å². The fourth-order valence-electron chi connectivity index (χ4n) is 3.28. The van der Waals surface area contributed by atoms with Crippen molar-refractivity contribution >= 4 is 28.7 Å². The lowest BCUT2D eigenvalue weighted by atomic mass is 10.1. The van der Waals surface area contributed by atoms with Gasteiger partial charge >= 0.3 is 6.18 Å². The molecule has 0 unspecified atom stereocenters. The number of hydrogen-bond acceptors (Lipinski definition) is 5. The Morgan fingerprint density at radius 1 is 1.10 bits per heavy atom. The first-order chi connectivity index (χ1) is 14.4. The first-order valence-electron chi connectivity index (χ1n) is 9.41. The number of carbonyl (C=O) groups is 1. The van der Waals surface area contributed by atoms with Crippen molar-refractivity contribution in [2.24, 2.45) is 0 Å². The Morgan fingerprint density at radius 2 is 1.83 bits per heavy atom. The molecule has 5 nitrogen and oxygen atoms in total. The highest BCUT2D eigenvalue weighted by Crippen LogP contribution is 2.42. The molecule has 0 aliphatic carbocycles. The van der Waals surface area contributed by atoms with E-state index < -0.39 is 17.0 Å². The minimum atomic E-state index is -4.54. The van der Waals surface area contributed by atoms with Crippen LogP contribution in [0.2, 0.25) is 0 Å². The van der Waals surface area contributed by atoms with Crippen molar-refractivity contribution in [3.8, 4) is 11.1 Å². The van der Waals surface area contributed by atoms with E-state index in [0.29, 0.717) is 22.6 Å². The van der Waals surface area contributed by atoms with Crippen LogP contribution in [-0.2, 0) is 6.18 Å². The quantitative estimate of drug-likeness (QED) is 0.638. The fourth-order valence-corrected chi connectivity index (χ4v) is 4.22. The largest absolute Gasteiger partial charge is 0.426 e. The number of amides is 1. The molecule has 1 amide bonds. The third kappa shape index (κ3) is 4.47. The Bertz CT molecular complexity index is 1010. The molecule has 30 heavy (non-hydrogen) atoms. The molecule has 0 radical (unpaired) electrons. The van der Waals surface area contributed by atoms with E-state index in [1.54, 1.807) is 42.5 Å². The predicted octanol–water partition coefficient (Wildman–Crippen LogP) is 4.49. The van der Waals surface area contributed by atoms with Gasteiger partial charge in [0.05, 0.1) is 16.8 Å². The number of rotatable bonds is 4. The zero-order valence-corrected chi connectivity index (χ0v) is 16.7. The number of aromatic nitrogens is 1. The van der Waals surface area contributed by atoms with Gasteiger partial charge in [0.2, 0.25) is 0 Å². The van der Waals surface area contributed by atoms with E-state index in [0.717, 1.165) is 32.0 Å². The molecule has 0 spiro atoms. The molecule has 2 N–H and O–H groups in total. The molecule has 4 rings (SSSR count). The molecule has 1 aliphatic heterocycles. The van der Waals surface area contributed by atoms with E-state index in [9.17, 15) is 18.0 Å². The van der Waals surface area contributed by atoms with Crippen LogP contribution in [0.4, 0.5) is 24.7 Å². The van der Waals surface area contributed by atoms with Crippen molar-refractivity contribution in [3.63, 3.8) is 0 Å². The third-order valence-electron chi connectivity index (χ3n) is 4.74. The average molecular weight is 432 g/mol. The van der Waals surface area contributed by atoms with Crippen LogP contribution in [0.3, 0.4) is 0 Å². The zero-order valence-electron chi connectivity index (χ0n) is 15.9. The smallest absolute Gasteiger partial charge is 0.354 e. The molecule has 1 saturated heterocycles. The summed E-state index contributed by atoms with van der Waals surface area (Å²) < 4.78 is 40.6. The summed E-state index contributed by atoms with van der Waals surface area (Å²) in [5, 5.41) is 5.91. The minimum Gasteiger partial charge on any atom is -0.354 e. The molecule has 0 bridgehead atoms. The van der Waals surface area contributed by atoms with Crippen LogP contribution in [0.15, 0.2) is 54.7 Å². The molecule has 3 aromatic rings. The van der Waals surface area contributed by atoms with Gasteiger partial charge in [-0.2, -0.15) is 13.2 Å². The van der Waals surface area contributed by atoms with Gasteiger partial charge in [0.15, 0.2) is 0 Å². The molecule has 9 heteroatoms. The van der Waals surface area contributed by atoms with E-state index in [-0.39, 0.29) is 10.4 Å². The zero-order chi connectivity index (χ0) is 21.1. The van der Waals surface area contributed by atoms with Gasteiger partial charge in [-0.1, -0.05) is 30.3 Å². The normalized spacial score (nSPS) is 14.6. The molecular formula is C21H19F3N4OS. The number of thiophene rings is 1. The van der Waals surface area contributed by atoms with E-state index in [4.69, 9.17) is 0 Å². The van der Waals surface area contributed by atoms with Crippen molar-refractivity contribution in [3.05, 3.63) is 64.5 Å². The highest BCUT2D eigenvalue weighted by molar-refractivity contribution is 7.14. The first kappa shape index (κ1) is 20.4. The predicted molar refractivity (Wildman–Crippen MR) is 112 cm³/mol. The summed E-state index contributed by atoms with van der Waals surface area (Å²) in [7, 11) is 0. The summed E-state index contributed by atoms with van der Waals surface area (Å²) in [6.07, 6.45) is -3.02. The van der Waals surface area contributed by atoms with Gasteiger partial charge in [-0.15, -0.1) is 11.3 Å². The summed E-state index contributed by atoms with van der Waals surface area (Å²) in [6.45, 7) is 3.44. The van der Waals surface area contributed by atoms with Crippen molar-refractivity contribution in [1.82, 2.24) is 10.3 Å².